The van der Waals surface area contributed by atoms with Gasteiger partial charge in [-0.2, -0.15) is 0 Å². The standard InChI is InChI=1S/C14H13Cl2NO/c1-9-7-11(17)5-6-13(9)18-8-10-3-2-4-12(15)14(10)16/h2-7H,8,17H2,1H3. The van der Waals surface area contributed by atoms with Crippen molar-refractivity contribution in [3.05, 3.63) is 57.6 Å². The number of benzene rings is 2. The van der Waals surface area contributed by atoms with Crippen LogP contribution in [0.3, 0.4) is 0 Å². The van der Waals surface area contributed by atoms with Gasteiger partial charge < -0.3 is 10.5 Å². The third-order valence-corrected chi connectivity index (χ3v) is 3.47. The van der Waals surface area contributed by atoms with Crippen LogP contribution in [-0.4, -0.2) is 0 Å². The Kier molecular flexibility index (Phi) is 4.00. The van der Waals surface area contributed by atoms with E-state index in [0.29, 0.717) is 16.7 Å². The van der Waals surface area contributed by atoms with Crippen LogP contribution < -0.4 is 10.5 Å². The van der Waals surface area contributed by atoms with E-state index in [1.54, 1.807) is 6.07 Å². The zero-order chi connectivity index (χ0) is 13.1. The Morgan fingerprint density at radius 1 is 1.17 bits per heavy atom. The van der Waals surface area contributed by atoms with Crippen molar-refractivity contribution in [2.24, 2.45) is 0 Å². The summed E-state index contributed by atoms with van der Waals surface area (Å²) < 4.78 is 5.72. The number of halogens is 2. The molecule has 0 bridgehead atoms. The summed E-state index contributed by atoms with van der Waals surface area (Å²) in [6.07, 6.45) is 0. The molecule has 0 aliphatic heterocycles. The van der Waals surface area contributed by atoms with Crippen molar-refractivity contribution in [3.63, 3.8) is 0 Å². The minimum atomic E-state index is 0.379. The molecule has 0 spiro atoms. The highest BCUT2D eigenvalue weighted by Gasteiger charge is 2.06. The minimum absolute atomic E-state index is 0.379. The molecule has 4 heteroatoms. The molecule has 2 nitrogen and oxygen atoms in total. The third-order valence-electron chi connectivity index (χ3n) is 2.61. The van der Waals surface area contributed by atoms with Crippen molar-refractivity contribution in [3.8, 4) is 5.75 Å². The van der Waals surface area contributed by atoms with Gasteiger partial charge >= 0.3 is 0 Å². The van der Waals surface area contributed by atoms with Crippen LogP contribution in [0.4, 0.5) is 5.69 Å². The van der Waals surface area contributed by atoms with Gasteiger partial charge in [0.25, 0.3) is 0 Å². The molecule has 0 aromatic heterocycles. The molecule has 0 heterocycles. The number of nitrogen functional groups attached to an aromatic ring is 1. The summed E-state index contributed by atoms with van der Waals surface area (Å²) in [6, 6.07) is 11.0. The second-order valence-electron chi connectivity index (χ2n) is 4.03. The molecule has 94 valence electrons. The van der Waals surface area contributed by atoms with Gasteiger partial charge in [0.1, 0.15) is 12.4 Å². The van der Waals surface area contributed by atoms with Gasteiger partial charge in [-0.05, 0) is 36.8 Å². The lowest BCUT2D eigenvalue weighted by Gasteiger charge is -2.11. The summed E-state index contributed by atoms with van der Waals surface area (Å²) in [5, 5.41) is 1.07. The Hall–Kier alpha value is -1.38. The van der Waals surface area contributed by atoms with Gasteiger partial charge in [0.05, 0.1) is 10.0 Å². The van der Waals surface area contributed by atoms with E-state index in [1.807, 2.05) is 37.3 Å². The lowest BCUT2D eigenvalue weighted by atomic mass is 10.2. The summed E-state index contributed by atoms with van der Waals surface area (Å²) in [5.41, 5.74) is 8.26. The number of nitrogens with two attached hydrogens (primary N) is 1. The molecule has 0 radical (unpaired) electrons. The quantitative estimate of drug-likeness (QED) is 0.843. The van der Waals surface area contributed by atoms with E-state index in [-0.39, 0.29) is 0 Å². The van der Waals surface area contributed by atoms with E-state index in [1.165, 1.54) is 0 Å². The summed E-state index contributed by atoms with van der Waals surface area (Å²) in [4.78, 5) is 0. The van der Waals surface area contributed by atoms with Crippen molar-refractivity contribution < 1.29 is 4.74 Å². The zero-order valence-electron chi connectivity index (χ0n) is 9.91. The molecular weight excluding hydrogens is 269 g/mol. The van der Waals surface area contributed by atoms with Crippen LogP contribution >= 0.6 is 23.2 Å². The number of aryl methyl sites for hydroxylation is 1. The predicted octanol–water partition coefficient (Wildman–Crippen LogP) is 4.46. The molecule has 2 N–H and O–H groups in total. The van der Waals surface area contributed by atoms with Gasteiger partial charge in [-0.25, -0.2) is 0 Å². The first-order valence-corrected chi connectivity index (χ1v) is 6.25. The maximum Gasteiger partial charge on any atom is 0.122 e. The summed E-state index contributed by atoms with van der Waals surface area (Å²) >= 11 is 12.0. The molecule has 0 saturated heterocycles. The number of hydrogen-bond donors (Lipinski definition) is 1. The number of hydrogen-bond acceptors (Lipinski definition) is 2. The van der Waals surface area contributed by atoms with E-state index in [9.17, 15) is 0 Å². The van der Waals surface area contributed by atoms with Gasteiger partial charge in [0.15, 0.2) is 0 Å². The second kappa shape index (κ2) is 5.51. The highest BCUT2D eigenvalue weighted by Crippen LogP contribution is 2.27. The first-order chi connectivity index (χ1) is 8.58. The Labute approximate surface area is 116 Å². The van der Waals surface area contributed by atoms with E-state index in [0.717, 1.165) is 22.6 Å². The molecular formula is C14H13Cl2NO. The molecule has 0 fully saturated rings. The Bertz CT molecular complexity index is 570. The van der Waals surface area contributed by atoms with Gasteiger partial charge in [-0.1, -0.05) is 35.3 Å². The fourth-order valence-electron chi connectivity index (χ4n) is 1.65. The van der Waals surface area contributed by atoms with E-state index in [4.69, 9.17) is 33.7 Å². The van der Waals surface area contributed by atoms with Crippen LogP contribution in [0, 0.1) is 6.92 Å². The van der Waals surface area contributed by atoms with Crippen LogP contribution in [0.25, 0.3) is 0 Å². The number of ether oxygens (including phenoxy) is 1. The Balaban J connectivity index is 2.14. The normalized spacial score (nSPS) is 10.4. The average Bonchev–Trinajstić information content (AvgIpc) is 2.33. The Morgan fingerprint density at radius 3 is 2.67 bits per heavy atom. The lowest BCUT2D eigenvalue weighted by molar-refractivity contribution is 0.304. The molecule has 0 saturated carbocycles. The molecule has 0 aliphatic rings. The van der Waals surface area contributed by atoms with Gasteiger partial charge in [0, 0.05) is 11.3 Å². The van der Waals surface area contributed by atoms with Crippen molar-refractivity contribution in [1.82, 2.24) is 0 Å². The highest BCUT2D eigenvalue weighted by atomic mass is 35.5. The smallest absolute Gasteiger partial charge is 0.122 e. The van der Waals surface area contributed by atoms with Gasteiger partial charge in [0.2, 0.25) is 0 Å². The maximum atomic E-state index is 6.09. The van der Waals surface area contributed by atoms with Crippen LogP contribution in [0.2, 0.25) is 10.0 Å². The summed E-state index contributed by atoms with van der Waals surface area (Å²) in [6.45, 7) is 2.33. The van der Waals surface area contributed by atoms with E-state index < -0.39 is 0 Å². The molecule has 0 aliphatic carbocycles. The van der Waals surface area contributed by atoms with Crippen LogP contribution in [0.15, 0.2) is 36.4 Å². The Morgan fingerprint density at radius 2 is 1.94 bits per heavy atom. The third kappa shape index (κ3) is 2.89. The number of rotatable bonds is 3. The molecule has 18 heavy (non-hydrogen) atoms. The zero-order valence-corrected chi connectivity index (χ0v) is 11.4. The van der Waals surface area contributed by atoms with Gasteiger partial charge in [-0.15, -0.1) is 0 Å². The molecule has 0 amide bonds. The van der Waals surface area contributed by atoms with Crippen LogP contribution in [0.1, 0.15) is 11.1 Å². The van der Waals surface area contributed by atoms with Gasteiger partial charge in [-0.3, -0.25) is 0 Å². The summed E-state index contributed by atoms with van der Waals surface area (Å²) in [5.74, 6) is 0.792. The molecule has 0 atom stereocenters. The predicted molar refractivity (Wildman–Crippen MR) is 76.4 cm³/mol. The largest absolute Gasteiger partial charge is 0.489 e. The average molecular weight is 282 g/mol. The number of anilines is 1. The monoisotopic (exact) mass is 281 g/mol. The van der Waals surface area contributed by atoms with Crippen molar-refractivity contribution >= 4 is 28.9 Å². The molecule has 2 aromatic carbocycles. The van der Waals surface area contributed by atoms with Crippen molar-refractivity contribution in [2.45, 2.75) is 13.5 Å². The van der Waals surface area contributed by atoms with E-state index >= 15 is 0 Å². The first kappa shape index (κ1) is 13.1. The fraction of sp³-hybridized carbons (Fsp3) is 0.143. The summed E-state index contributed by atoms with van der Waals surface area (Å²) in [7, 11) is 0. The minimum Gasteiger partial charge on any atom is -0.489 e. The van der Waals surface area contributed by atoms with Crippen LogP contribution in [0.5, 0.6) is 5.75 Å². The fourth-order valence-corrected chi connectivity index (χ4v) is 2.02. The molecule has 0 unspecified atom stereocenters. The molecule has 2 rings (SSSR count). The van der Waals surface area contributed by atoms with E-state index in [2.05, 4.69) is 0 Å². The highest BCUT2D eigenvalue weighted by molar-refractivity contribution is 6.42. The van der Waals surface area contributed by atoms with Crippen molar-refractivity contribution in [1.29, 1.82) is 0 Å². The second-order valence-corrected chi connectivity index (χ2v) is 4.81. The maximum absolute atomic E-state index is 6.09. The lowest BCUT2D eigenvalue weighted by Crippen LogP contribution is -1.98. The first-order valence-electron chi connectivity index (χ1n) is 5.50. The topological polar surface area (TPSA) is 35.2 Å². The van der Waals surface area contributed by atoms with Crippen LogP contribution in [-0.2, 0) is 6.61 Å². The SMILES string of the molecule is Cc1cc(N)ccc1OCc1cccc(Cl)c1Cl. The van der Waals surface area contributed by atoms with Crippen molar-refractivity contribution in [2.75, 3.05) is 5.73 Å². The molecule has 2 aromatic rings.